The van der Waals surface area contributed by atoms with Crippen LogP contribution in [0, 0.1) is 0 Å². The number of carbonyl (C=O) groups excluding carboxylic acids is 3. The van der Waals surface area contributed by atoms with Crippen LogP contribution in [0.15, 0.2) is 25.3 Å². The molecule has 0 aromatic heterocycles. The van der Waals surface area contributed by atoms with E-state index >= 15 is 0 Å². The van der Waals surface area contributed by atoms with Crippen LogP contribution in [0.5, 0.6) is 0 Å². The van der Waals surface area contributed by atoms with E-state index in [4.69, 9.17) is 19.9 Å². The molecule has 0 aliphatic carbocycles. The van der Waals surface area contributed by atoms with E-state index in [0.29, 0.717) is 13.2 Å². The predicted octanol–water partition coefficient (Wildman–Crippen LogP) is 3.67. The van der Waals surface area contributed by atoms with Crippen LogP contribution >= 0.6 is 12.4 Å². The molecule has 0 aromatic carbocycles. The molecule has 0 fully saturated rings. The van der Waals surface area contributed by atoms with Crippen molar-refractivity contribution in [2.24, 2.45) is 5.73 Å². The third-order valence-corrected chi connectivity index (χ3v) is 3.05. The number of halogens is 1. The highest BCUT2D eigenvalue weighted by Gasteiger charge is 2.21. The molecule has 30 heavy (non-hydrogen) atoms. The van der Waals surface area contributed by atoms with Gasteiger partial charge < -0.3 is 25.3 Å². The average Bonchev–Trinajstić information content (AvgIpc) is 2.60. The zero-order valence-electron chi connectivity index (χ0n) is 18.9. The molecule has 3 N–H and O–H groups in total. The van der Waals surface area contributed by atoms with E-state index in [9.17, 15) is 14.4 Å². The molecule has 0 aliphatic rings. The molecule has 0 aliphatic heterocycles. The van der Waals surface area contributed by atoms with Gasteiger partial charge in [0.05, 0.1) is 13.2 Å². The van der Waals surface area contributed by atoms with Crippen molar-refractivity contribution in [2.45, 2.75) is 78.0 Å². The van der Waals surface area contributed by atoms with Gasteiger partial charge in [-0.15, -0.1) is 25.6 Å². The molecule has 0 rings (SSSR count). The molecule has 0 saturated heterocycles. The Labute approximate surface area is 187 Å². The lowest BCUT2D eigenvalue weighted by atomic mass is 10.2. The van der Waals surface area contributed by atoms with Crippen molar-refractivity contribution in [2.75, 3.05) is 13.2 Å². The summed E-state index contributed by atoms with van der Waals surface area (Å²) in [6.45, 7) is 16.3. The summed E-state index contributed by atoms with van der Waals surface area (Å²) in [7, 11) is 0. The lowest BCUT2D eigenvalue weighted by Crippen LogP contribution is -2.42. The number of carbonyl (C=O) groups is 3. The first kappa shape index (κ1) is 32.6. The number of esters is 2. The number of allylic oxidation sites excluding steroid dienone is 2. The molecule has 0 heterocycles. The van der Waals surface area contributed by atoms with E-state index in [-0.39, 0.29) is 18.4 Å². The Kier molecular flexibility index (Phi) is 20.6. The van der Waals surface area contributed by atoms with Crippen molar-refractivity contribution in [3.05, 3.63) is 25.3 Å². The van der Waals surface area contributed by atoms with E-state index in [1.54, 1.807) is 46.8 Å². The third kappa shape index (κ3) is 22.2. The molecule has 0 unspecified atom stereocenters. The maximum atomic E-state index is 11.5. The monoisotopic (exact) mass is 450 g/mol. The number of hydrogen-bond donors (Lipinski definition) is 2. The fourth-order valence-electron chi connectivity index (χ4n) is 1.60. The number of rotatable bonds is 11. The van der Waals surface area contributed by atoms with E-state index in [2.05, 4.69) is 18.5 Å². The predicted molar refractivity (Wildman–Crippen MR) is 121 cm³/mol. The Balaban J connectivity index is -0.000000525. The summed E-state index contributed by atoms with van der Waals surface area (Å²) < 4.78 is 14.8. The van der Waals surface area contributed by atoms with Crippen molar-refractivity contribution in [3.8, 4) is 0 Å². The number of nitrogens with one attached hydrogen (secondary N) is 1. The molecule has 0 aromatic rings. The highest BCUT2D eigenvalue weighted by molar-refractivity contribution is 5.85. The van der Waals surface area contributed by atoms with Gasteiger partial charge in [0.1, 0.15) is 17.7 Å². The van der Waals surface area contributed by atoms with Gasteiger partial charge in [0.15, 0.2) is 0 Å². The van der Waals surface area contributed by atoms with Gasteiger partial charge in [0.25, 0.3) is 0 Å². The summed E-state index contributed by atoms with van der Waals surface area (Å²) in [4.78, 5) is 33.6. The molecular weight excluding hydrogens is 412 g/mol. The fourth-order valence-corrected chi connectivity index (χ4v) is 1.60. The molecule has 2 atom stereocenters. The van der Waals surface area contributed by atoms with Crippen LogP contribution in [0.25, 0.3) is 0 Å². The second-order valence-electron chi connectivity index (χ2n) is 7.35. The first-order valence-corrected chi connectivity index (χ1v) is 9.74. The van der Waals surface area contributed by atoms with Gasteiger partial charge in [-0.25, -0.2) is 9.59 Å². The quantitative estimate of drug-likeness (QED) is 0.213. The average molecular weight is 451 g/mol. The van der Waals surface area contributed by atoms with Crippen LogP contribution < -0.4 is 11.1 Å². The third-order valence-electron chi connectivity index (χ3n) is 3.05. The molecule has 1 amide bonds. The van der Waals surface area contributed by atoms with Crippen LogP contribution in [0.4, 0.5) is 4.79 Å². The summed E-state index contributed by atoms with van der Waals surface area (Å²) in [5, 5.41) is 2.42. The molecule has 8 nitrogen and oxygen atoms in total. The van der Waals surface area contributed by atoms with Gasteiger partial charge in [-0.3, -0.25) is 4.79 Å². The topological polar surface area (TPSA) is 117 Å². The van der Waals surface area contributed by atoms with E-state index in [1.165, 1.54) is 0 Å². The van der Waals surface area contributed by atoms with Gasteiger partial charge in [0, 0.05) is 0 Å². The van der Waals surface area contributed by atoms with Crippen molar-refractivity contribution in [1.29, 1.82) is 0 Å². The standard InChI is InChI=1S/C13H23NO4.C8H15NO2.ClH/c1-6-7-8-9-17-11(15)10(2)14-12(16)18-13(3,4)5;1-3-4-5-6-11-8(10)7(2)9;/h6,10H,1,7-9H2,2-5H3,(H,14,16);3,7H,1,4-6,9H2,2H3;1H/t10-;7-;/m00./s1. The molecule has 0 radical (unpaired) electrons. The minimum absolute atomic E-state index is 0. The van der Waals surface area contributed by atoms with Crippen LogP contribution in [0.1, 0.15) is 60.3 Å². The minimum Gasteiger partial charge on any atom is -0.465 e. The van der Waals surface area contributed by atoms with Gasteiger partial charge in [-0.1, -0.05) is 12.2 Å². The first-order valence-electron chi connectivity index (χ1n) is 9.74. The van der Waals surface area contributed by atoms with Crippen LogP contribution in [-0.4, -0.2) is 48.9 Å². The lowest BCUT2D eigenvalue weighted by Gasteiger charge is -2.21. The van der Waals surface area contributed by atoms with Gasteiger partial charge in [-0.2, -0.15) is 0 Å². The van der Waals surface area contributed by atoms with Gasteiger partial charge >= 0.3 is 18.0 Å². The van der Waals surface area contributed by atoms with Crippen molar-refractivity contribution < 1.29 is 28.6 Å². The molecule has 176 valence electrons. The number of hydrogen-bond acceptors (Lipinski definition) is 7. The summed E-state index contributed by atoms with van der Waals surface area (Å²) >= 11 is 0. The lowest BCUT2D eigenvalue weighted by molar-refractivity contribution is -0.146. The highest BCUT2D eigenvalue weighted by Crippen LogP contribution is 2.07. The molecule has 0 bridgehead atoms. The Morgan fingerprint density at radius 3 is 1.77 bits per heavy atom. The maximum absolute atomic E-state index is 11.5. The van der Waals surface area contributed by atoms with E-state index in [1.807, 2.05) is 0 Å². The maximum Gasteiger partial charge on any atom is 0.408 e. The SMILES string of the molecule is C=CCCCOC(=O)[C@H](C)N.C=CCCCOC(=O)[C@H](C)NC(=O)OC(C)(C)C.Cl. The number of nitrogens with two attached hydrogens (primary N) is 1. The number of alkyl carbamates (subject to hydrolysis) is 1. The zero-order valence-corrected chi connectivity index (χ0v) is 19.7. The van der Waals surface area contributed by atoms with Crippen LogP contribution in [0.3, 0.4) is 0 Å². The highest BCUT2D eigenvalue weighted by atomic mass is 35.5. The second kappa shape index (κ2) is 18.9. The normalized spacial score (nSPS) is 11.9. The Morgan fingerprint density at radius 2 is 1.40 bits per heavy atom. The molecule has 0 spiro atoms. The Bertz CT molecular complexity index is 518. The first-order chi connectivity index (χ1) is 13.4. The van der Waals surface area contributed by atoms with Gasteiger partial charge in [0.2, 0.25) is 0 Å². The van der Waals surface area contributed by atoms with Crippen molar-refractivity contribution in [1.82, 2.24) is 5.32 Å². The van der Waals surface area contributed by atoms with Crippen LogP contribution in [0.2, 0.25) is 0 Å². The summed E-state index contributed by atoms with van der Waals surface area (Å²) in [6.07, 6.45) is 6.14. The van der Waals surface area contributed by atoms with E-state index in [0.717, 1.165) is 25.7 Å². The second-order valence-corrected chi connectivity index (χ2v) is 7.35. The smallest absolute Gasteiger partial charge is 0.408 e. The Hall–Kier alpha value is -2.06. The zero-order chi connectivity index (χ0) is 22.9. The molecular formula is C21H39ClN2O6. The number of amides is 1. The number of unbranched alkanes of at least 4 members (excludes halogenated alkanes) is 2. The molecule has 0 saturated carbocycles. The largest absolute Gasteiger partial charge is 0.465 e. The summed E-state index contributed by atoms with van der Waals surface area (Å²) in [5.41, 5.74) is 4.67. The van der Waals surface area contributed by atoms with Crippen molar-refractivity contribution in [3.63, 3.8) is 0 Å². The molecule has 9 heteroatoms. The Morgan fingerprint density at radius 1 is 0.967 bits per heavy atom. The summed E-state index contributed by atoms with van der Waals surface area (Å²) in [5.74, 6) is -0.806. The van der Waals surface area contributed by atoms with E-state index < -0.39 is 29.7 Å². The summed E-state index contributed by atoms with van der Waals surface area (Å²) in [6, 6.07) is -1.23. The number of ether oxygens (including phenoxy) is 3. The minimum atomic E-state index is -0.719. The van der Waals surface area contributed by atoms with Gasteiger partial charge in [-0.05, 0) is 60.3 Å². The fraction of sp³-hybridized carbons (Fsp3) is 0.667. The van der Waals surface area contributed by atoms with Crippen LogP contribution in [-0.2, 0) is 23.8 Å². The van der Waals surface area contributed by atoms with Crippen molar-refractivity contribution >= 4 is 30.4 Å².